The standard InChI is InChI=1S/C17H26N2O/c1-3-20-16-11-15(17(16)9-5-4-6-10-17)19-14-8-7-13(2)18-12-14/h7-8,12,15-16,19H,3-6,9-11H2,1-2H3. The second-order valence-electron chi connectivity index (χ2n) is 6.36. The number of rotatable bonds is 4. The summed E-state index contributed by atoms with van der Waals surface area (Å²) < 4.78 is 6.00. The van der Waals surface area contributed by atoms with Crippen molar-refractivity contribution in [3.8, 4) is 0 Å². The maximum atomic E-state index is 6.00. The van der Waals surface area contributed by atoms with Gasteiger partial charge in [0.15, 0.2) is 0 Å². The Morgan fingerprint density at radius 1 is 1.30 bits per heavy atom. The molecule has 3 rings (SSSR count). The molecule has 1 spiro atoms. The van der Waals surface area contributed by atoms with Crippen LogP contribution in [-0.4, -0.2) is 23.7 Å². The van der Waals surface area contributed by atoms with Gasteiger partial charge in [-0.05, 0) is 45.2 Å². The molecule has 0 saturated heterocycles. The Hall–Kier alpha value is -1.09. The molecule has 2 unspecified atom stereocenters. The molecule has 2 aliphatic carbocycles. The molecule has 0 amide bonds. The van der Waals surface area contributed by atoms with Crippen LogP contribution in [-0.2, 0) is 4.74 Å². The summed E-state index contributed by atoms with van der Waals surface area (Å²) in [4.78, 5) is 4.39. The van der Waals surface area contributed by atoms with Gasteiger partial charge in [-0.25, -0.2) is 0 Å². The summed E-state index contributed by atoms with van der Waals surface area (Å²) in [7, 11) is 0. The number of ether oxygens (including phenoxy) is 1. The minimum Gasteiger partial charge on any atom is -0.380 e. The summed E-state index contributed by atoms with van der Waals surface area (Å²) in [6.45, 7) is 4.98. The summed E-state index contributed by atoms with van der Waals surface area (Å²) in [6, 6.07) is 4.78. The zero-order valence-electron chi connectivity index (χ0n) is 12.7. The number of aryl methyl sites for hydroxylation is 1. The predicted octanol–water partition coefficient (Wildman–Crippen LogP) is 3.93. The third-order valence-corrected chi connectivity index (χ3v) is 5.19. The molecule has 1 N–H and O–H groups in total. The van der Waals surface area contributed by atoms with Gasteiger partial charge in [-0.3, -0.25) is 4.98 Å². The molecule has 1 aromatic rings. The van der Waals surface area contributed by atoms with Crippen molar-refractivity contribution in [2.45, 2.75) is 64.5 Å². The molecular formula is C17H26N2O. The minimum atomic E-state index is 0.374. The average Bonchev–Trinajstić information content (AvgIpc) is 2.49. The maximum absolute atomic E-state index is 6.00. The van der Waals surface area contributed by atoms with E-state index in [1.165, 1.54) is 32.1 Å². The van der Waals surface area contributed by atoms with E-state index in [2.05, 4.69) is 29.4 Å². The van der Waals surface area contributed by atoms with E-state index in [0.717, 1.165) is 24.4 Å². The van der Waals surface area contributed by atoms with E-state index in [0.29, 0.717) is 17.6 Å². The normalized spacial score (nSPS) is 28.1. The van der Waals surface area contributed by atoms with Crippen molar-refractivity contribution < 1.29 is 4.74 Å². The van der Waals surface area contributed by atoms with Crippen LogP contribution >= 0.6 is 0 Å². The van der Waals surface area contributed by atoms with Gasteiger partial charge in [-0.15, -0.1) is 0 Å². The monoisotopic (exact) mass is 274 g/mol. The molecule has 1 aromatic heterocycles. The molecule has 1 heterocycles. The second-order valence-corrected chi connectivity index (χ2v) is 6.36. The highest BCUT2D eigenvalue weighted by Gasteiger charge is 2.55. The first kappa shape index (κ1) is 13.9. The van der Waals surface area contributed by atoms with Crippen LogP contribution in [0.25, 0.3) is 0 Å². The Kier molecular flexibility index (Phi) is 3.97. The number of anilines is 1. The molecule has 0 aromatic carbocycles. The van der Waals surface area contributed by atoms with Crippen molar-refractivity contribution in [1.29, 1.82) is 0 Å². The first-order chi connectivity index (χ1) is 9.74. The van der Waals surface area contributed by atoms with Gasteiger partial charge in [0.25, 0.3) is 0 Å². The fourth-order valence-corrected chi connectivity index (χ4v) is 4.02. The molecule has 2 fully saturated rings. The summed E-state index contributed by atoms with van der Waals surface area (Å²) in [5.41, 5.74) is 2.60. The summed E-state index contributed by atoms with van der Waals surface area (Å²) in [5.74, 6) is 0. The smallest absolute Gasteiger partial charge is 0.0670 e. The summed E-state index contributed by atoms with van der Waals surface area (Å²) >= 11 is 0. The van der Waals surface area contributed by atoms with Gasteiger partial charge in [-0.1, -0.05) is 19.3 Å². The zero-order chi connectivity index (χ0) is 14.0. The Balaban J connectivity index is 1.71. The lowest BCUT2D eigenvalue weighted by Crippen LogP contribution is -2.62. The van der Waals surface area contributed by atoms with Gasteiger partial charge < -0.3 is 10.1 Å². The van der Waals surface area contributed by atoms with Gasteiger partial charge >= 0.3 is 0 Å². The highest BCUT2D eigenvalue weighted by atomic mass is 16.5. The molecule has 2 aliphatic rings. The number of nitrogens with one attached hydrogen (secondary N) is 1. The summed E-state index contributed by atoms with van der Waals surface area (Å²) in [6.07, 6.45) is 10.3. The number of hydrogen-bond donors (Lipinski definition) is 1. The van der Waals surface area contributed by atoms with Crippen LogP contribution in [0, 0.1) is 12.3 Å². The quantitative estimate of drug-likeness (QED) is 0.903. The highest BCUT2D eigenvalue weighted by molar-refractivity contribution is 5.43. The molecule has 3 nitrogen and oxygen atoms in total. The van der Waals surface area contributed by atoms with E-state index < -0.39 is 0 Å². The number of nitrogens with zero attached hydrogens (tertiary/aromatic N) is 1. The van der Waals surface area contributed by atoms with Crippen LogP contribution in [0.5, 0.6) is 0 Å². The van der Waals surface area contributed by atoms with Crippen LogP contribution in [0.3, 0.4) is 0 Å². The molecule has 2 atom stereocenters. The summed E-state index contributed by atoms with van der Waals surface area (Å²) in [5, 5.41) is 3.71. The minimum absolute atomic E-state index is 0.374. The van der Waals surface area contributed by atoms with Crippen LogP contribution in [0.1, 0.15) is 51.1 Å². The van der Waals surface area contributed by atoms with Crippen molar-refractivity contribution in [2.24, 2.45) is 5.41 Å². The van der Waals surface area contributed by atoms with Crippen molar-refractivity contribution in [1.82, 2.24) is 4.98 Å². The van der Waals surface area contributed by atoms with E-state index in [1.54, 1.807) is 0 Å². The Bertz CT molecular complexity index is 437. The largest absolute Gasteiger partial charge is 0.380 e. The number of pyridine rings is 1. The average molecular weight is 274 g/mol. The molecule has 20 heavy (non-hydrogen) atoms. The first-order valence-electron chi connectivity index (χ1n) is 8.05. The van der Waals surface area contributed by atoms with Gasteiger partial charge in [0.2, 0.25) is 0 Å². The van der Waals surface area contributed by atoms with Crippen molar-refractivity contribution in [3.63, 3.8) is 0 Å². The fraction of sp³-hybridized carbons (Fsp3) is 0.706. The molecular weight excluding hydrogens is 248 g/mol. The molecule has 2 saturated carbocycles. The van der Waals surface area contributed by atoms with Crippen molar-refractivity contribution in [2.75, 3.05) is 11.9 Å². The SMILES string of the molecule is CCOC1CC(Nc2ccc(C)nc2)C12CCCCC2. The van der Waals surface area contributed by atoms with Gasteiger partial charge in [0, 0.05) is 23.8 Å². The Labute approximate surface area is 122 Å². The van der Waals surface area contributed by atoms with Gasteiger partial charge in [-0.2, -0.15) is 0 Å². The third-order valence-electron chi connectivity index (χ3n) is 5.19. The Morgan fingerprint density at radius 3 is 2.75 bits per heavy atom. The first-order valence-corrected chi connectivity index (χ1v) is 8.05. The zero-order valence-corrected chi connectivity index (χ0v) is 12.7. The van der Waals surface area contributed by atoms with E-state index >= 15 is 0 Å². The van der Waals surface area contributed by atoms with Crippen molar-refractivity contribution in [3.05, 3.63) is 24.0 Å². The second kappa shape index (κ2) is 5.72. The lowest BCUT2D eigenvalue weighted by atomic mass is 9.55. The van der Waals surface area contributed by atoms with Crippen LogP contribution < -0.4 is 5.32 Å². The van der Waals surface area contributed by atoms with Gasteiger partial charge in [0.1, 0.15) is 0 Å². The molecule has 3 heteroatoms. The number of aromatic nitrogens is 1. The molecule has 0 radical (unpaired) electrons. The Morgan fingerprint density at radius 2 is 2.10 bits per heavy atom. The van der Waals surface area contributed by atoms with Crippen molar-refractivity contribution >= 4 is 5.69 Å². The van der Waals surface area contributed by atoms with E-state index in [9.17, 15) is 0 Å². The van der Waals surface area contributed by atoms with Crippen LogP contribution in [0.2, 0.25) is 0 Å². The highest BCUT2D eigenvalue weighted by Crippen LogP contribution is 2.54. The topological polar surface area (TPSA) is 34.1 Å². The van der Waals surface area contributed by atoms with E-state index in [-0.39, 0.29) is 0 Å². The lowest BCUT2D eigenvalue weighted by Gasteiger charge is -2.58. The van der Waals surface area contributed by atoms with Crippen LogP contribution in [0.4, 0.5) is 5.69 Å². The fourth-order valence-electron chi connectivity index (χ4n) is 4.02. The van der Waals surface area contributed by atoms with Crippen LogP contribution in [0.15, 0.2) is 18.3 Å². The van der Waals surface area contributed by atoms with E-state index in [4.69, 9.17) is 4.74 Å². The molecule has 0 bridgehead atoms. The number of hydrogen-bond acceptors (Lipinski definition) is 3. The third kappa shape index (κ3) is 2.44. The molecule has 110 valence electrons. The molecule has 0 aliphatic heterocycles. The van der Waals surface area contributed by atoms with E-state index in [1.807, 2.05) is 13.1 Å². The maximum Gasteiger partial charge on any atom is 0.0670 e. The lowest BCUT2D eigenvalue weighted by molar-refractivity contribution is -0.134. The van der Waals surface area contributed by atoms with Gasteiger partial charge in [0.05, 0.1) is 18.0 Å². The predicted molar refractivity (Wildman–Crippen MR) is 81.9 cm³/mol.